The van der Waals surface area contributed by atoms with Crippen molar-refractivity contribution in [2.45, 2.75) is 31.9 Å². The number of amides is 2. The van der Waals surface area contributed by atoms with Gasteiger partial charge < -0.3 is 19.7 Å². The second-order valence-electron chi connectivity index (χ2n) is 6.84. The average molecular weight is 404 g/mol. The van der Waals surface area contributed by atoms with Gasteiger partial charge in [0.15, 0.2) is 6.79 Å². The van der Waals surface area contributed by atoms with Gasteiger partial charge in [-0.2, -0.15) is 0 Å². The second kappa shape index (κ2) is 8.28. The SMILES string of the molecule is O=C(NCCc1cc(F)cc2c1OCOC2)[C@@H]1CCCN1C(=O)c1cccs1. The van der Waals surface area contributed by atoms with Gasteiger partial charge >= 0.3 is 0 Å². The normalized spacial score (nSPS) is 18.5. The van der Waals surface area contributed by atoms with Crippen LogP contribution in [0.5, 0.6) is 5.75 Å². The first-order valence-corrected chi connectivity index (χ1v) is 10.2. The number of thiophene rings is 1. The number of carbonyl (C=O) groups excluding carboxylic acids is 2. The van der Waals surface area contributed by atoms with Crippen molar-refractivity contribution in [1.29, 1.82) is 0 Å². The van der Waals surface area contributed by atoms with Crippen LogP contribution in [-0.2, 0) is 22.6 Å². The maximum atomic E-state index is 13.8. The molecule has 1 aromatic carbocycles. The van der Waals surface area contributed by atoms with E-state index in [1.165, 1.54) is 23.5 Å². The van der Waals surface area contributed by atoms with Gasteiger partial charge in [-0.1, -0.05) is 6.07 Å². The third-order valence-electron chi connectivity index (χ3n) is 4.99. The lowest BCUT2D eigenvalue weighted by atomic mass is 10.1. The summed E-state index contributed by atoms with van der Waals surface area (Å²) < 4.78 is 24.5. The fraction of sp³-hybridized carbons (Fsp3) is 0.400. The van der Waals surface area contributed by atoms with Crippen LogP contribution in [0.2, 0.25) is 0 Å². The zero-order valence-electron chi connectivity index (χ0n) is 15.3. The van der Waals surface area contributed by atoms with Gasteiger partial charge in [0.2, 0.25) is 5.91 Å². The van der Waals surface area contributed by atoms with Crippen LogP contribution in [-0.4, -0.2) is 42.6 Å². The molecular formula is C20H21FN2O4S. The van der Waals surface area contributed by atoms with Crippen LogP contribution >= 0.6 is 11.3 Å². The molecule has 28 heavy (non-hydrogen) atoms. The van der Waals surface area contributed by atoms with Crippen LogP contribution in [0.25, 0.3) is 0 Å². The van der Waals surface area contributed by atoms with Crippen molar-refractivity contribution in [3.63, 3.8) is 0 Å². The van der Waals surface area contributed by atoms with Crippen LogP contribution < -0.4 is 10.1 Å². The second-order valence-corrected chi connectivity index (χ2v) is 7.79. The summed E-state index contributed by atoms with van der Waals surface area (Å²) in [6, 6.07) is 5.98. The molecule has 148 valence electrons. The summed E-state index contributed by atoms with van der Waals surface area (Å²) >= 11 is 1.38. The number of ether oxygens (including phenoxy) is 2. The Morgan fingerprint density at radius 1 is 1.36 bits per heavy atom. The molecule has 2 aromatic rings. The number of hydrogen-bond acceptors (Lipinski definition) is 5. The molecule has 0 saturated carbocycles. The number of halogens is 1. The van der Waals surface area contributed by atoms with Crippen molar-refractivity contribution >= 4 is 23.2 Å². The minimum atomic E-state index is -0.458. The molecule has 0 bridgehead atoms. The van der Waals surface area contributed by atoms with E-state index < -0.39 is 6.04 Å². The molecule has 2 aliphatic heterocycles. The highest BCUT2D eigenvalue weighted by molar-refractivity contribution is 7.12. The third-order valence-corrected chi connectivity index (χ3v) is 5.85. The maximum absolute atomic E-state index is 13.8. The highest BCUT2D eigenvalue weighted by atomic mass is 32.1. The highest BCUT2D eigenvalue weighted by Gasteiger charge is 2.34. The number of nitrogens with zero attached hydrogens (tertiary/aromatic N) is 1. The monoisotopic (exact) mass is 404 g/mol. The van der Waals surface area contributed by atoms with Gasteiger partial charge in [-0.15, -0.1) is 11.3 Å². The van der Waals surface area contributed by atoms with Gasteiger partial charge in [0, 0.05) is 18.7 Å². The van der Waals surface area contributed by atoms with Crippen LogP contribution in [0.15, 0.2) is 29.6 Å². The van der Waals surface area contributed by atoms with E-state index in [4.69, 9.17) is 9.47 Å². The van der Waals surface area contributed by atoms with E-state index in [1.807, 2.05) is 11.4 Å². The number of carbonyl (C=O) groups is 2. The van der Waals surface area contributed by atoms with E-state index >= 15 is 0 Å². The number of fused-ring (bicyclic) bond motifs is 1. The topological polar surface area (TPSA) is 67.9 Å². The number of benzene rings is 1. The highest BCUT2D eigenvalue weighted by Crippen LogP contribution is 2.29. The summed E-state index contributed by atoms with van der Waals surface area (Å²) in [5, 5.41) is 4.74. The van der Waals surface area contributed by atoms with E-state index in [2.05, 4.69) is 5.32 Å². The maximum Gasteiger partial charge on any atom is 0.264 e. The zero-order valence-corrected chi connectivity index (χ0v) is 16.1. The van der Waals surface area contributed by atoms with E-state index in [0.717, 1.165) is 6.42 Å². The minimum Gasteiger partial charge on any atom is -0.467 e. The molecule has 0 unspecified atom stereocenters. The lowest BCUT2D eigenvalue weighted by Gasteiger charge is -2.24. The first-order valence-electron chi connectivity index (χ1n) is 9.27. The Morgan fingerprint density at radius 2 is 2.25 bits per heavy atom. The fourth-order valence-corrected chi connectivity index (χ4v) is 4.38. The lowest BCUT2D eigenvalue weighted by Crippen LogP contribution is -2.46. The number of rotatable bonds is 5. The van der Waals surface area contributed by atoms with Crippen LogP contribution in [0, 0.1) is 5.82 Å². The predicted octanol–water partition coefficient (Wildman–Crippen LogP) is 2.72. The van der Waals surface area contributed by atoms with Crippen LogP contribution in [0.1, 0.15) is 33.6 Å². The molecule has 1 atom stereocenters. The molecule has 0 spiro atoms. The molecule has 8 heteroatoms. The summed E-state index contributed by atoms with van der Waals surface area (Å²) in [6.45, 7) is 1.38. The Morgan fingerprint density at radius 3 is 3.07 bits per heavy atom. The van der Waals surface area contributed by atoms with E-state index in [0.29, 0.717) is 54.3 Å². The Hall–Kier alpha value is -2.45. The van der Waals surface area contributed by atoms with Crippen molar-refractivity contribution in [3.05, 3.63) is 51.5 Å². The van der Waals surface area contributed by atoms with Crippen molar-refractivity contribution in [2.75, 3.05) is 19.9 Å². The quantitative estimate of drug-likeness (QED) is 0.832. The van der Waals surface area contributed by atoms with Crippen LogP contribution in [0.4, 0.5) is 4.39 Å². The van der Waals surface area contributed by atoms with Gasteiger partial charge in [0.1, 0.15) is 17.6 Å². The van der Waals surface area contributed by atoms with Crippen molar-refractivity contribution in [2.24, 2.45) is 0 Å². The zero-order chi connectivity index (χ0) is 19.5. The summed E-state index contributed by atoms with van der Waals surface area (Å²) in [6.07, 6.45) is 1.90. The summed E-state index contributed by atoms with van der Waals surface area (Å²) in [4.78, 5) is 27.5. The molecule has 1 aromatic heterocycles. The average Bonchev–Trinajstić information content (AvgIpc) is 3.39. The predicted molar refractivity (Wildman–Crippen MR) is 102 cm³/mol. The van der Waals surface area contributed by atoms with Gasteiger partial charge in [0.25, 0.3) is 5.91 Å². The largest absolute Gasteiger partial charge is 0.467 e. The van der Waals surface area contributed by atoms with E-state index in [1.54, 1.807) is 11.0 Å². The van der Waals surface area contributed by atoms with Crippen LogP contribution in [0.3, 0.4) is 0 Å². The molecule has 1 N–H and O–H groups in total. The molecule has 0 radical (unpaired) electrons. The molecular weight excluding hydrogens is 383 g/mol. The van der Waals surface area contributed by atoms with Crippen molar-refractivity contribution < 1.29 is 23.5 Å². The van der Waals surface area contributed by atoms with Crippen molar-refractivity contribution in [3.8, 4) is 5.75 Å². The molecule has 4 rings (SSSR count). The first-order chi connectivity index (χ1) is 13.6. The number of likely N-dealkylation sites (tertiary alicyclic amines) is 1. The third kappa shape index (κ3) is 3.88. The first kappa shape index (κ1) is 18.9. The number of hydrogen-bond donors (Lipinski definition) is 1. The van der Waals surface area contributed by atoms with Gasteiger partial charge in [-0.3, -0.25) is 9.59 Å². The molecule has 3 heterocycles. The Balaban J connectivity index is 1.37. The number of nitrogens with one attached hydrogen (secondary N) is 1. The molecule has 1 fully saturated rings. The Bertz CT molecular complexity index is 871. The Kier molecular flexibility index (Phi) is 5.59. The van der Waals surface area contributed by atoms with Crippen molar-refractivity contribution in [1.82, 2.24) is 10.2 Å². The Labute approximate surface area is 166 Å². The van der Waals surface area contributed by atoms with E-state index in [-0.39, 0.29) is 24.4 Å². The molecule has 2 aliphatic rings. The molecule has 6 nitrogen and oxygen atoms in total. The van der Waals surface area contributed by atoms with Gasteiger partial charge in [-0.05, 0) is 48.4 Å². The molecule has 2 amide bonds. The summed E-state index contributed by atoms with van der Waals surface area (Å²) in [5.74, 6) is 0.0205. The smallest absolute Gasteiger partial charge is 0.264 e. The lowest BCUT2D eigenvalue weighted by molar-refractivity contribution is -0.124. The molecule has 0 aliphatic carbocycles. The standard InChI is InChI=1S/C20H21FN2O4S/c21-15-9-13(18-14(10-15)11-26-12-27-18)5-6-22-19(24)16-3-1-7-23(16)20(25)17-4-2-8-28-17/h2,4,8-10,16H,1,3,5-7,11-12H2,(H,22,24)/t16-/m0/s1. The van der Waals surface area contributed by atoms with Gasteiger partial charge in [-0.25, -0.2) is 4.39 Å². The molecule has 1 saturated heterocycles. The fourth-order valence-electron chi connectivity index (χ4n) is 3.70. The summed E-state index contributed by atoms with van der Waals surface area (Å²) in [7, 11) is 0. The van der Waals surface area contributed by atoms with E-state index in [9.17, 15) is 14.0 Å². The van der Waals surface area contributed by atoms with Gasteiger partial charge in [0.05, 0.1) is 11.5 Å². The minimum absolute atomic E-state index is 0.0970. The summed E-state index contributed by atoms with van der Waals surface area (Å²) in [5.41, 5.74) is 1.38.